The summed E-state index contributed by atoms with van der Waals surface area (Å²) in [5.74, 6) is -0.824. The van der Waals surface area contributed by atoms with Crippen LogP contribution in [-0.2, 0) is 19.1 Å². The fourth-order valence-electron chi connectivity index (χ4n) is 4.52. The normalized spacial score (nSPS) is 12.2. The van der Waals surface area contributed by atoms with E-state index in [9.17, 15) is 9.59 Å². The Morgan fingerprint density at radius 3 is 1.69 bits per heavy atom. The zero-order valence-corrected chi connectivity index (χ0v) is 23.7. The zero-order valence-electron chi connectivity index (χ0n) is 20.8. The van der Waals surface area contributed by atoms with Crippen LogP contribution in [-0.4, -0.2) is 44.5 Å². The van der Waals surface area contributed by atoms with Crippen LogP contribution in [0.3, 0.4) is 0 Å². The van der Waals surface area contributed by atoms with Crippen LogP contribution in [0.4, 0.5) is 0 Å². The van der Waals surface area contributed by atoms with E-state index in [-0.39, 0.29) is 12.4 Å². The van der Waals surface area contributed by atoms with Gasteiger partial charge in [0.25, 0.3) is 0 Å². The fourth-order valence-corrected chi connectivity index (χ4v) is 22.2. The molecule has 0 bridgehead atoms. The van der Waals surface area contributed by atoms with Crippen LogP contribution in [0.15, 0.2) is 48.1 Å². The molecular weight excluding hydrogens is 507 g/mol. The minimum atomic E-state index is -3.09. The van der Waals surface area contributed by atoms with Crippen molar-refractivity contribution in [2.45, 2.75) is 79.0 Å². The van der Waals surface area contributed by atoms with Crippen molar-refractivity contribution < 1.29 is 19.1 Å². The second-order valence-corrected chi connectivity index (χ2v) is 21.6. The molecule has 1 aromatic rings. The fraction of sp³-hybridized carbons (Fsp3) is 0.556. The Bertz CT molecular complexity index is 745. The van der Waals surface area contributed by atoms with Crippen molar-refractivity contribution in [3.05, 3.63) is 53.6 Å². The van der Waals surface area contributed by atoms with E-state index in [0.717, 1.165) is 24.8 Å². The zero-order chi connectivity index (χ0) is 24.0. The predicted octanol–water partition coefficient (Wildman–Crippen LogP) is 7.12. The number of unbranched alkanes of at least 4 members (excludes halogenated alkanes) is 3. The summed E-state index contributed by atoms with van der Waals surface area (Å²) in [4.78, 5) is 25.4. The second-order valence-electron chi connectivity index (χ2n) is 8.57. The van der Waals surface area contributed by atoms with Gasteiger partial charge in [-0.1, -0.05) is 0 Å². The first-order valence-electron chi connectivity index (χ1n) is 12.0. The van der Waals surface area contributed by atoms with Crippen molar-refractivity contribution in [1.29, 1.82) is 0 Å². The molecule has 0 heterocycles. The summed E-state index contributed by atoms with van der Waals surface area (Å²) >= 11 is -3.09. The van der Waals surface area contributed by atoms with Crippen LogP contribution in [0, 0.1) is 0 Å². The molecule has 5 heteroatoms. The molecule has 1 aromatic carbocycles. The first-order chi connectivity index (χ1) is 15.4. The van der Waals surface area contributed by atoms with Gasteiger partial charge in [-0.3, -0.25) is 0 Å². The molecule has 0 aromatic heterocycles. The van der Waals surface area contributed by atoms with Gasteiger partial charge in [0.05, 0.1) is 0 Å². The third kappa shape index (κ3) is 8.09. The molecule has 0 saturated carbocycles. The average molecular weight is 549 g/mol. The molecule has 0 saturated heterocycles. The first-order valence-corrected chi connectivity index (χ1v) is 19.5. The Morgan fingerprint density at radius 2 is 1.28 bits per heavy atom. The van der Waals surface area contributed by atoms with Gasteiger partial charge in [-0.05, 0) is 0 Å². The number of hydrogen-bond acceptors (Lipinski definition) is 4. The number of carbonyl (C=O) groups excluding carboxylic acids is 2. The summed E-state index contributed by atoms with van der Waals surface area (Å²) in [5.41, 5.74) is 2.03. The van der Waals surface area contributed by atoms with Crippen molar-refractivity contribution in [3.8, 4) is 0 Å². The van der Waals surface area contributed by atoms with Crippen molar-refractivity contribution in [2.24, 2.45) is 0 Å². The molecule has 178 valence electrons. The van der Waals surface area contributed by atoms with E-state index >= 15 is 0 Å². The number of hydrogen-bond donors (Lipinski definition) is 0. The standard InChI is InChI=1S/C15H15O4.3C4H9.Sn/c1-11(14(16)18-2)9-13(15(17)19-3)10-12-7-5-4-6-8-12;3*1-3-4-2;/h4-8H,1,9H2,2-3H3;3*1,3-4H2,2H3;. The molecule has 0 spiro atoms. The molecule has 0 atom stereocenters. The molecule has 0 aliphatic heterocycles. The Labute approximate surface area is 199 Å². The van der Waals surface area contributed by atoms with Gasteiger partial charge in [-0.25, -0.2) is 0 Å². The van der Waals surface area contributed by atoms with Crippen LogP contribution in [0.5, 0.6) is 0 Å². The number of methoxy groups -OCH3 is 2. The predicted molar refractivity (Wildman–Crippen MR) is 136 cm³/mol. The van der Waals surface area contributed by atoms with Crippen LogP contribution in [0.1, 0.15) is 71.3 Å². The van der Waals surface area contributed by atoms with Gasteiger partial charge in [0, 0.05) is 0 Å². The average Bonchev–Trinajstić information content (AvgIpc) is 2.83. The molecule has 0 unspecified atom stereocenters. The van der Waals surface area contributed by atoms with Crippen LogP contribution >= 0.6 is 0 Å². The van der Waals surface area contributed by atoms with E-state index in [0.29, 0.717) is 11.1 Å². The summed E-state index contributed by atoms with van der Waals surface area (Å²) in [6.45, 7) is 10.6. The molecule has 0 amide bonds. The van der Waals surface area contributed by atoms with Crippen molar-refractivity contribution in [2.75, 3.05) is 14.2 Å². The van der Waals surface area contributed by atoms with E-state index in [1.165, 1.54) is 50.4 Å². The van der Waals surface area contributed by atoms with Crippen molar-refractivity contribution in [3.63, 3.8) is 0 Å². The van der Waals surface area contributed by atoms with Gasteiger partial charge in [0.1, 0.15) is 0 Å². The number of rotatable bonds is 15. The maximum atomic E-state index is 13.2. The van der Waals surface area contributed by atoms with Crippen molar-refractivity contribution >= 4 is 33.9 Å². The maximum absolute atomic E-state index is 13.2. The number of carbonyl (C=O) groups is 2. The Kier molecular flexibility index (Phi) is 13.6. The first kappa shape index (κ1) is 28.5. The monoisotopic (exact) mass is 550 g/mol. The second kappa shape index (κ2) is 15.3. The van der Waals surface area contributed by atoms with E-state index in [1.807, 2.05) is 18.2 Å². The molecule has 0 aliphatic carbocycles. The van der Waals surface area contributed by atoms with E-state index in [1.54, 1.807) is 0 Å². The molecule has 0 fully saturated rings. The number of esters is 2. The third-order valence-electron chi connectivity index (χ3n) is 6.22. The molecule has 0 N–H and O–H groups in total. The van der Waals surface area contributed by atoms with Crippen LogP contribution in [0.2, 0.25) is 13.3 Å². The number of ether oxygens (including phenoxy) is 2. The molecule has 1 rings (SSSR count). The van der Waals surface area contributed by atoms with Gasteiger partial charge >= 0.3 is 200 Å². The van der Waals surface area contributed by atoms with E-state index in [2.05, 4.69) is 39.5 Å². The molecule has 0 radical (unpaired) electrons. The topological polar surface area (TPSA) is 52.6 Å². The third-order valence-corrected chi connectivity index (χ3v) is 22.2. The van der Waals surface area contributed by atoms with Gasteiger partial charge in [-0.2, -0.15) is 0 Å². The molecule has 4 nitrogen and oxygen atoms in total. The van der Waals surface area contributed by atoms with Gasteiger partial charge in [0.2, 0.25) is 0 Å². The Morgan fingerprint density at radius 1 is 0.812 bits per heavy atom. The summed E-state index contributed by atoms with van der Waals surface area (Å²) in [6.07, 6.45) is 7.11. The quantitative estimate of drug-likeness (QED) is 0.133. The summed E-state index contributed by atoms with van der Waals surface area (Å²) in [5, 5.41) is 0. The molecule has 32 heavy (non-hydrogen) atoms. The van der Waals surface area contributed by atoms with Crippen molar-refractivity contribution in [1.82, 2.24) is 0 Å². The molecule has 0 aliphatic rings. The Balaban J connectivity index is 3.89. The van der Waals surface area contributed by atoms with Gasteiger partial charge in [0.15, 0.2) is 0 Å². The van der Waals surface area contributed by atoms with E-state index < -0.39 is 24.3 Å². The minimum absolute atomic E-state index is 0.173. The summed E-state index contributed by atoms with van der Waals surface area (Å²) in [6, 6.07) is 10.3. The SMILES string of the molecule is C=C(C/C(C(=O)OC)=[C](\c1ccccc1)[Sn]([CH2]CCC)([CH2]CCC)[CH2]CCC)C(=O)OC. The Hall–Kier alpha value is -1.56. The summed E-state index contributed by atoms with van der Waals surface area (Å²) in [7, 11) is 2.77. The number of benzene rings is 1. The van der Waals surface area contributed by atoms with Gasteiger partial charge in [-0.15, -0.1) is 0 Å². The van der Waals surface area contributed by atoms with E-state index in [4.69, 9.17) is 9.47 Å². The molecular formula is C27H42O4Sn. The van der Waals surface area contributed by atoms with Crippen LogP contribution in [0.25, 0.3) is 3.59 Å². The summed E-state index contributed by atoms with van der Waals surface area (Å²) < 4.78 is 15.0. The van der Waals surface area contributed by atoms with Gasteiger partial charge < -0.3 is 0 Å². The van der Waals surface area contributed by atoms with Crippen LogP contribution < -0.4 is 0 Å².